The predicted molar refractivity (Wildman–Crippen MR) is 188 cm³/mol. The van der Waals surface area contributed by atoms with Crippen LogP contribution in [0, 0.1) is 0 Å². The van der Waals surface area contributed by atoms with Gasteiger partial charge in [0.25, 0.3) is 5.91 Å². The van der Waals surface area contributed by atoms with Gasteiger partial charge >= 0.3 is 0 Å². The van der Waals surface area contributed by atoms with Crippen molar-refractivity contribution in [2.75, 3.05) is 20.8 Å². The molecule has 0 aliphatic heterocycles. The molecular formula is C38H44N6O4. The number of nitrogens with one attached hydrogen (secondary N) is 5. The van der Waals surface area contributed by atoms with Gasteiger partial charge in [-0.3, -0.25) is 9.59 Å². The fraction of sp³-hybridized carbons (Fsp3) is 0.289. The van der Waals surface area contributed by atoms with Crippen LogP contribution in [0.3, 0.4) is 0 Å². The summed E-state index contributed by atoms with van der Waals surface area (Å²) in [6, 6.07) is 26.3. The minimum Gasteiger partial charge on any atom is -0.496 e. The lowest BCUT2D eigenvalue weighted by atomic mass is 9.99. The summed E-state index contributed by atoms with van der Waals surface area (Å²) in [6.07, 6.45) is 4.61. The molecule has 5 rings (SSSR count). The second-order valence-corrected chi connectivity index (χ2v) is 11.6. The number of hydrogen-bond donors (Lipinski definition) is 5. The summed E-state index contributed by atoms with van der Waals surface area (Å²) < 4.78 is 11.0. The van der Waals surface area contributed by atoms with Crippen molar-refractivity contribution in [3.8, 4) is 11.5 Å². The van der Waals surface area contributed by atoms with Crippen molar-refractivity contribution >= 4 is 22.6 Å². The first-order valence-electron chi connectivity index (χ1n) is 16.2. The molecule has 1 aromatic heterocycles. The second-order valence-electron chi connectivity index (χ2n) is 11.6. The highest BCUT2D eigenvalue weighted by Crippen LogP contribution is 2.28. The summed E-state index contributed by atoms with van der Waals surface area (Å²) in [5.41, 5.74) is 3.48. The Labute approximate surface area is 281 Å². The number of methoxy groups -OCH3 is 2. The maximum atomic E-state index is 13.8. The van der Waals surface area contributed by atoms with Gasteiger partial charge in [0.05, 0.1) is 26.8 Å². The summed E-state index contributed by atoms with van der Waals surface area (Å²) in [7, 11) is 3.27. The molecule has 48 heavy (non-hydrogen) atoms. The molecule has 0 saturated heterocycles. The summed E-state index contributed by atoms with van der Waals surface area (Å²) in [5, 5.41) is 15.1. The first-order chi connectivity index (χ1) is 23.5. The van der Waals surface area contributed by atoms with Gasteiger partial charge in [-0.15, -0.1) is 0 Å². The molecule has 0 spiro atoms. The van der Waals surface area contributed by atoms with E-state index in [-0.39, 0.29) is 17.9 Å². The summed E-state index contributed by atoms with van der Waals surface area (Å²) in [6.45, 7) is 4.38. The highest BCUT2D eigenvalue weighted by molar-refractivity contribution is 5.97. The van der Waals surface area contributed by atoms with Crippen LogP contribution in [0.25, 0.3) is 10.8 Å². The number of imidazole rings is 1. The molecule has 0 aliphatic carbocycles. The average molecular weight is 649 g/mol. The Hall–Kier alpha value is -5.19. The first kappa shape index (κ1) is 34.2. The van der Waals surface area contributed by atoms with E-state index in [0.29, 0.717) is 44.6 Å². The van der Waals surface area contributed by atoms with Crippen molar-refractivity contribution in [3.05, 3.63) is 125 Å². The number of aromatic nitrogens is 2. The zero-order valence-electron chi connectivity index (χ0n) is 27.7. The van der Waals surface area contributed by atoms with Crippen LogP contribution in [0.2, 0.25) is 0 Å². The van der Waals surface area contributed by atoms with Crippen molar-refractivity contribution in [2.24, 2.45) is 0 Å². The fourth-order valence-electron chi connectivity index (χ4n) is 5.77. The number of amides is 2. The normalized spacial score (nSPS) is 12.3. The number of fused-ring (bicyclic) bond motifs is 1. The molecular weight excluding hydrogens is 604 g/mol. The Balaban J connectivity index is 1.22. The van der Waals surface area contributed by atoms with E-state index in [1.807, 2.05) is 61.5 Å². The molecule has 2 atom stereocenters. The average Bonchev–Trinajstić information content (AvgIpc) is 3.64. The van der Waals surface area contributed by atoms with E-state index < -0.39 is 6.04 Å². The predicted octanol–water partition coefficient (Wildman–Crippen LogP) is 5.42. The largest absolute Gasteiger partial charge is 0.496 e. The van der Waals surface area contributed by atoms with E-state index in [1.54, 1.807) is 38.7 Å². The number of carbonyl (C=O) groups is 2. The quantitative estimate of drug-likeness (QED) is 0.0853. The topological polar surface area (TPSA) is 129 Å². The zero-order valence-corrected chi connectivity index (χ0v) is 27.7. The van der Waals surface area contributed by atoms with Crippen LogP contribution < -0.4 is 30.7 Å². The number of nitrogens with zero attached hydrogens (tertiary/aromatic N) is 1. The van der Waals surface area contributed by atoms with Crippen LogP contribution in [-0.2, 0) is 24.4 Å². The maximum absolute atomic E-state index is 13.8. The van der Waals surface area contributed by atoms with Gasteiger partial charge in [-0.25, -0.2) is 4.98 Å². The monoisotopic (exact) mass is 648 g/mol. The smallest absolute Gasteiger partial charge is 0.251 e. The number of H-pyrrole nitrogens is 1. The third-order valence-electron chi connectivity index (χ3n) is 8.34. The number of carbonyl (C=O) groups excluding carboxylic acids is 2. The minimum atomic E-state index is -0.729. The van der Waals surface area contributed by atoms with Crippen molar-refractivity contribution < 1.29 is 19.1 Å². The summed E-state index contributed by atoms with van der Waals surface area (Å²) in [4.78, 5) is 34.5. The lowest BCUT2D eigenvalue weighted by Crippen LogP contribution is -2.47. The van der Waals surface area contributed by atoms with Gasteiger partial charge < -0.3 is 35.7 Å². The Morgan fingerprint density at radius 3 is 2.27 bits per heavy atom. The number of hydrogen-bond acceptors (Lipinski definition) is 7. The van der Waals surface area contributed by atoms with Gasteiger partial charge in [-0.05, 0) is 72.5 Å². The second kappa shape index (κ2) is 17.1. The van der Waals surface area contributed by atoms with Crippen molar-refractivity contribution in [1.29, 1.82) is 0 Å². The lowest BCUT2D eigenvalue weighted by Gasteiger charge is -2.23. The van der Waals surface area contributed by atoms with Gasteiger partial charge in [-0.1, -0.05) is 60.7 Å². The molecule has 10 nitrogen and oxygen atoms in total. The van der Waals surface area contributed by atoms with E-state index in [4.69, 9.17) is 9.47 Å². The van der Waals surface area contributed by atoms with E-state index in [0.717, 1.165) is 44.8 Å². The third kappa shape index (κ3) is 8.99. The molecule has 10 heteroatoms. The van der Waals surface area contributed by atoms with E-state index in [9.17, 15) is 9.59 Å². The molecule has 250 valence electrons. The fourth-order valence-corrected chi connectivity index (χ4v) is 5.77. The molecule has 0 saturated carbocycles. The highest BCUT2D eigenvalue weighted by atomic mass is 16.5. The van der Waals surface area contributed by atoms with Crippen LogP contribution in [0.1, 0.15) is 58.7 Å². The number of rotatable bonds is 17. The lowest BCUT2D eigenvalue weighted by molar-refractivity contribution is -0.123. The van der Waals surface area contributed by atoms with Crippen molar-refractivity contribution in [1.82, 2.24) is 31.2 Å². The number of benzene rings is 4. The molecule has 0 radical (unpaired) electrons. The van der Waals surface area contributed by atoms with Crippen LogP contribution in [-0.4, -0.2) is 48.6 Å². The van der Waals surface area contributed by atoms with Crippen molar-refractivity contribution in [2.45, 2.75) is 51.5 Å². The third-order valence-corrected chi connectivity index (χ3v) is 8.34. The summed E-state index contributed by atoms with van der Waals surface area (Å²) in [5.74, 6) is 1.82. The molecule has 4 aromatic carbocycles. The van der Waals surface area contributed by atoms with E-state index in [2.05, 4.69) is 49.4 Å². The van der Waals surface area contributed by atoms with Crippen molar-refractivity contribution in [3.63, 3.8) is 0 Å². The molecule has 5 N–H and O–H groups in total. The number of ether oxygens (including phenoxy) is 2. The SMILES string of the molecule is COc1cccc(OC)c1CNCCC[C@H](NC(=O)c1ccc(CNCc2ncc[nH]2)cc1)C(=O)NC(C)c1cccc2ccccc12. The Morgan fingerprint density at radius 1 is 0.812 bits per heavy atom. The maximum Gasteiger partial charge on any atom is 0.251 e. The van der Waals surface area contributed by atoms with E-state index >= 15 is 0 Å². The van der Waals surface area contributed by atoms with Crippen LogP contribution in [0.5, 0.6) is 11.5 Å². The van der Waals surface area contributed by atoms with Crippen LogP contribution >= 0.6 is 0 Å². The Morgan fingerprint density at radius 2 is 1.54 bits per heavy atom. The van der Waals surface area contributed by atoms with Gasteiger partial charge in [0.2, 0.25) is 5.91 Å². The highest BCUT2D eigenvalue weighted by Gasteiger charge is 2.24. The molecule has 0 aliphatic rings. The van der Waals surface area contributed by atoms with Gasteiger partial charge in [0.1, 0.15) is 23.4 Å². The van der Waals surface area contributed by atoms with Crippen LogP contribution in [0.15, 0.2) is 97.3 Å². The first-order valence-corrected chi connectivity index (χ1v) is 16.2. The zero-order chi connectivity index (χ0) is 33.7. The van der Waals surface area contributed by atoms with Crippen LogP contribution in [0.4, 0.5) is 0 Å². The van der Waals surface area contributed by atoms with Gasteiger partial charge in [-0.2, -0.15) is 0 Å². The Kier molecular flexibility index (Phi) is 12.2. The van der Waals surface area contributed by atoms with Gasteiger partial charge in [0, 0.05) is 36.6 Å². The molecule has 1 heterocycles. The molecule has 0 bridgehead atoms. The standard InChI is InChI=1S/C38H44N6O4/c1-26(30-12-6-10-28-9-4-5-11-31(28)30)43-38(46)33(13-8-20-39-24-32-34(47-2)14-7-15-35(32)48-3)44-37(45)29-18-16-27(17-19-29)23-40-25-36-41-21-22-42-36/h4-7,9-12,14-19,21-22,26,33,39-40H,8,13,20,23-25H2,1-3H3,(H,41,42)(H,43,46)(H,44,45)/t26?,33-/m0/s1. The molecule has 5 aromatic rings. The molecule has 0 fully saturated rings. The summed E-state index contributed by atoms with van der Waals surface area (Å²) >= 11 is 0. The number of aromatic amines is 1. The minimum absolute atomic E-state index is 0.228. The Bertz CT molecular complexity index is 1750. The van der Waals surface area contributed by atoms with E-state index in [1.165, 1.54) is 0 Å². The molecule has 1 unspecified atom stereocenters. The van der Waals surface area contributed by atoms with Gasteiger partial charge in [0.15, 0.2) is 0 Å². The molecule has 2 amide bonds.